The van der Waals surface area contributed by atoms with Crippen molar-refractivity contribution in [1.29, 1.82) is 0 Å². The fourth-order valence-corrected chi connectivity index (χ4v) is 4.11. The largest absolute Gasteiger partial charge is 0.491 e. The zero-order valence-electron chi connectivity index (χ0n) is 13.3. The van der Waals surface area contributed by atoms with E-state index in [0.29, 0.717) is 15.7 Å². The Morgan fingerprint density at radius 1 is 1.04 bits per heavy atom. The minimum absolute atomic E-state index is 0.185. The Kier molecular flexibility index (Phi) is 5.43. The molecule has 128 valence electrons. The van der Waals surface area contributed by atoms with Gasteiger partial charge in [-0.3, -0.25) is 0 Å². The highest BCUT2D eigenvalue weighted by atomic mass is 35.5. The van der Waals surface area contributed by atoms with E-state index in [1.165, 1.54) is 12.0 Å². The van der Waals surface area contributed by atoms with Crippen molar-refractivity contribution in [3.8, 4) is 5.75 Å². The molecule has 0 saturated heterocycles. The summed E-state index contributed by atoms with van der Waals surface area (Å²) in [7, 11) is -3.52. The third kappa shape index (κ3) is 4.09. The van der Waals surface area contributed by atoms with E-state index < -0.39 is 10.0 Å². The molecule has 0 bridgehead atoms. The van der Waals surface area contributed by atoms with Gasteiger partial charge < -0.3 is 4.74 Å². The van der Waals surface area contributed by atoms with Gasteiger partial charge in [-0.05, 0) is 61.1 Å². The van der Waals surface area contributed by atoms with E-state index in [1.807, 2.05) is 18.2 Å². The predicted molar refractivity (Wildman–Crippen MR) is 95.2 cm³/mol. The maximum Gasteiger partial charge on any atom is 0.240 e. The van der Waals surface area contributed by atoms with Crippen LogP contribution in [0.3, 0.4) is 0 Å². The van der Waals surface area contributed by atoms with Crippen LogP contribution >= 0.6 is 11.6 Å². The number of fused-ring (bicyclic) bond motifs is 1. The van der Waals surface area contributed by atoms with Gasteiger partial charge >= 0.3 is 0 Å². The second-order valence-corrected chi connectivity index (χ2v) is 7.99. The minimum Gasteiger partial charge on any atom is -0.491 e. The Morgan fingerprint density at radius 2 is 1.79 bits per heavy atom. The maximum atomic E-state index is 12.4. The van der Waals surface area contributed by atoms with Gasteiger partial charge in [0.05, 0.1) is 9.92 Å². The van der Waals surface area contributed by atoms with Crippen LogP contribution in [0.1, 0.15) is 24.0 Å². The highest BCUT2D eigenvalue weighted by Gasteiger charge is 2.17. The van der Waals surface area contributed by atoms with Crippen molar-refractivity contribution in [2.45, 2.75) is 30.6 Å². The molecule has 24 heavy (non-hydrogen) atoms. The van der Waals surface area contributed by atoms with Crippen molar-refractivity contribution in [1.82, 2.24) is 4.72 Å². The topological polar surface area (TPSA) is 55.4 Å². The number of hydrogen-bond acceptors (Lipinski definition) is 3. The van der Waals surface area contributed by atoms with E-state index in [0.717, 1.165) is 24.8 Å². The summed E-state index contributed by atoms with van der Waals surface area (Å²) < 4.78 is 32.9. The average molecular weight is 366 g/mol. The second-order valence-electron chi connectivity index (χ2n) is 5.81. The molecule has 1 aliphatic carbocycles. The van der Waals surface area contributed by atoms with E-state index in [2.05, 4.69) is 4.72 Å². The molecule has 1 aliphatic rings. The van der Waals surface area contributed by atoms with Crippen molar-refractivity contribution < 1.29 is 13.2 Å². The Balaban J connectivity index is 1.59. The monoisotopic (exact) mass is 365 g/mol. The minimum atomic E-state index is -3.52. The Hall–Kier alpha value is -1.56. The molecule has 4 nitrogen and oxygen atoms in total. The molecule has 2 aromatic carbocycles. The van der Waals surface area contributed by atoms with Gasteiger partial charge in [0.1, 0.15) is 12.4 Å². The number of benzene rings is 2. The quantitative estimate of drug-likeness (QED) is 0.796. The lowest BCUT2D eigenvalue weighted by molar-refractivity contribution is 0.323. The number of ether oxygens (including phenoxy) is 1. The Morgan fingerprint density at radius 3 is 2.58 bits per heavy atom. The summed E-state index contributed by atoms with van der Waals surface area (Å²) in [5, 5.41) is 0.509. The third-order valence-corrected chi connectivity index (χ3v) is 5.89. The van der Waals surface area contributed by atoms with Crippen LogP contribution in [0.4, 0.5) is 0 Å². The van der Waals surface area contributed by atoms with Crippen LogP contribution in [0, 0.1) is 0 Å². The lowest BCUT2D eigenvalue weighted by atomic mass is 9.92. The van der Waals surface area contributed by atoms with Crippen molar-refractivity contribution in [2.75, 3.05) is 13.2 Å². The van der Waals surface area contributed by atoms with Crippen LogP contribution < -0.4 is 9.46 Å². The molecular weight excluding hydrogens is 346 g/mol. The molecule has 6 heteroatoms. The number of hydrogen-bond donors (Lipinski definition) is 1. The zero-order valence-corrected chi connectivity index (χ0v) is 14.9. The van der Waals surface area contributed by atoms with Crippen LogP contribution in [-0.4, -0.2) is 21.6 Å². The lowest BCUT2D eigenvalue weighted by Gasteiger charge is -2.17. The Bertz CT molecular complexity index is 821. The fourth-order valence-electron chi connectivity index (χ4n) is 2.86. The van der Waals surface area contributed by atoms with E-state index in [1.54, 1.807) is 24.3 Å². The van der Waals surface area contributed by atoms with Crippen LogP contribution in [0.25, 0.3) is 0 Å². The van der Waals surface area contributed by atoms with Crippen LogP contribution in [0.2, 0.25) is 5.02 Å². The molecule has 0 aromatic heterocycles. The van der Waals surface area contributed by atoms with Crippen molar-refractivity contribution in [3.05, 3.63) is 58.6 Å². The normalized spacial score (nSPS) is 14.2. The van der Waals surface area contributed by atoms with Gasteiger partial charge in [0.25, 0.3) is 0 Å². The van der Waals surface area contributed by atoms with Gasteiger partial charge in [-0.2, -0.15) is 0 Å². The summed E-state index contributed by atoms with van der Waals surface area (Å²) in [4.78, 5) is 0.320. The highest BCUT2D eigenvalue weighted by molar-refractivity contribution is 7.89. The van der Waals surface area contributed by atoms with E-state index in [4.69, 9.17) is 16.3 Å². The molecule has 0 saturated carbocycles. The van der Waals surface area contributed by atoms with Crippen molar-refractivity contribution in [3.63, 3.8) is 0 Å². The van der Waals surface area contributed by atoms with E-state index in [-0.39, 0.29) is 13.2 Å². The summed E-state index contributed by atoms with van der Waals surface area (Å²) in [6.07, 6.45) is 4.29. The molecular formula is C18H20ClNO3S. The number of aryl methyl sites for hydroxylation is 2. The summed E-state index contributed by atoms with van der Waals surface area (Å²) in [6, 6.07) is 12.5. The van der Waals surface area contributed by atoms with Crippen LogP contribution in [0.15, 0.2) is 47.4 Å². The van der Waals surface area contributed by atoms with Gasteiger partial charge in [0, 0.05) is 6.54 Å². The standard InChI is InChI=1S/C18H20ClNO3S/c19-17-7-3-4-8-18(17)23-12-11-20-24(21,22)16-10-9-14-5-1-2-6-15(14)13-16/h3-4,7-10,13,20H,1-2,5-6,11-12H2. The van der Waals surface area contributed by atoms with E-state index >= 15 is 0 Å². The summed E-state index contributed by atoms with van der Waals surface area (Å²) >= 11 is 5.99. The second kappa shape index (κ2) is 7.55. The number of rotatable bonds is 6. The number of sulfonamides is 1. The van der Waals surface area contributed by atoms with Crippen LogP contribution in [-0.2, 0) is 22.9 Å². The first-order valence-corrected chi connectivity index (χ1v) is 9.91. The lowest BCUT2D eigenvalue weighted by Crippen LogP contribution is -2.28. The van der Waals surface area contributed by atoms with Crippen molar-refractivity contribution >= 4 is 21.6 Å². The summed E-state index contributed by atoms with van der Waals surface area (Å²) in [5.41, 5.74) is 2.42. The van der Waals surface area contributed by atoms with Gasteiger partial charge in [0.15, 0.2) is 0 Å². The molecule has 1 N–H and O–H groups in total. The van der Waals surface area contributed by atoms with Crippen molar-refractivity contribution in [2.24, 2.45) is 0 Å². The molecule has 0 aliphatic heterocycles. The van der Waals surface area contributed by atoms with Gasteiger partial charge in [-0.1, -0.05) is 29.8 Å². The maximum absolute atomic E-state index is 12.4. The summed E-state index contributed by atoms with van der Waals surface area (Å²) in [6.45, 7) is 0.401. The number of para-hydroxylation sites is 1. The smallest absolute Gasteiger partial charge is 0.240 e. The third-order valence-electron chi connectivity index (χ3n) is 4.12. The fraction of sp³-hybridized carbons (Fsp3) is 0.333. The highest BCUT2D eigenvalue weighted by Crippen LogP contribution is 2.24. The summed E-state index contributed by atoms with van der Waals surface area (Å²) in [5.74, 6) is 0.548. The molecule has 2 aromatic rings. The molecule has 0 radical (unpaired) electrons. The van der Waals surface area contributed by atoms with Gasteiger partial charge in [0.2, 0.25) is 10.0 Å². The Labute approximate surface area is 147 Å². The molecule has 0 unspecified atom stereocenters. The predicted octanol–water partition coefficient (Wildman–Crippen LogP) is 3.58. The van der Waals surface area contributed by atoms with Gasteiger partial charge in [-0.15, -0.1) is 0 Å². The zero-order chi connectivity index (χ0) is 17.0. The number of halogens is 1. The molecule has 0 atom stereocenters. The molecule has 0 spiro atoms. The molecule has 3 rings (SSSR count). The van der Waals surface area contributed by atoms with E-state index in [9.17, 15) is 8.42 Å². The van der Waals surface area contributed by atoms with Gasteiger partial charge in [-0.25, -0.2) is 13.1 Å². The SMILES string of the molecule is O=S(=O)(NCCOc1ccccc1Cl)c1ccc2c(c1)CCCC2. The van der Waals surface area contributed by atoms with Crippen LogP contribution in [0.5, 0.6) is 5.75 Å². The first-order valence-electron chi connectivity index (χ1n) is 8.05. The average Bonchev–Trinajstić information content (AvgIpc) is 2.59. The first kappa shape index (κ1) is 17.3. The molecule has 0 heterocycles. The first-order chi connectivity index (χ1) is 11.6. The molecule has 0 fully saturated rings. The molecule has 0 amide bonds. The number of nitrogens with one attached hydrogen (secondary N) is 1.